The molecule has 2 aromatic carbocycles. The Bertz CT molecular complexity index is 958. The van der Waals surface area contributed by atoms with E-state index in [9.17, 15) is 4.79 Å². The predicted molar refractivity (Wildman–Crippen MR) is 117 cm³/mol. The molecule has 1 fully saturated rings. The number of piperidine rings is 1. The van der Waals surface area contributed by atoms with Crippen LogP contribution in [-0.4, -0.2) is 36.0 Å². The quantitative estimate of drug-likeness (QED) is 0.645. The molecule has 0 radical (unpaired) electrons. The zero-order valence-electron chi connectivity index (χ0n) is 16.5. The van der Waals surface area contributed by atoms with Gasteiger partial charge < -0.3 is 10.1 Å². The maximum Gasteiger partial charge on any atom is 0.230 e. The molecule has 150 valence electrons. The monoisotopic (exact) mass is 407 g/mol. The normalized spacial score (nSPS) is 17.1. The van der Waals surface area contributed by atoms with E-state index < -0.39 is 0 Å². The number of nitrogens with zero attached hydrogens (tertiary/aromatic N) is 2. The van der Waals surface area contributed by atoms with Gasteiger partial charge in [-0.25, -0.2) is 4.98 Å². The van der Waals surface area contributed by atoms with Crippen LogP contribution in [0.4, 0.5) is 5.13 Å². The Morgan fingerprint density at radius 2 is 2.00 bits per heavy atom. The summed E-state index contributed by atoms with van der Waals surface area (Å²) in [7, 11) is 1.65. The van der Waals surface area contributed by atoms with Crippen LogP contribution in [0, 0.1) is 5.92 Å². The number of carbonyl (C=O) groups excluding carboxylic acids is 1. The number of aromatic nitrogens is 1. The number of para-hydroxylation sites is 1. The molecule has 0 spiro atoms. The Morgan fingerprint density at radius 1 is 1.21 bits per heavy atom. The summed E-state index contributed by atoms with van der Waals surface area (Å²) in [6.45, 7) is 2.71. The summed E-state index contributed by atoms with van der Waals surface area (Å²) in [6, 6.07) is 18.2. The second kappa shape index (κ2) is 9.20. The zero-order valence-corrected chi connectivity index (χ0v) is 17.3. The van der Waals surface area contributed by atoms with E-state index in [2.05, 4.69) is 39.5 Å². The van der Waals surface area contributed by atoms with Crippen LogP contribution < -0.4 is 10.1 Å². The molecule has 1 atom stereocenters. The second-order valence-electron chi connectivity index (χ2n) is 7.29. The molecule has 1 N–H and O–H groups in total. The van der Waals surface area contributed by atoms with Gasteiger partial charge in [0.1, 0.15) is 5.75 Å². The fourth-order valence-electron chi connectivity index (χ4n) is 3.77. The van der Waals surface area contributed by atoms with E-state index in [1.165, 1.54) is 16.9 Å². The van der Waals surface area contributed by atoms with Crippen molar-refractivity contribution in [3.8, 4) is 17.0 Å². The lowest BCUT2D eigenvalue weighted by Crippen LogP contribution is -2.40. The van der Waals surface area contributed by atoms with Gasteiger partial charge in [-0.05, 0) is 37.1 Å². The maximum atomic E-state index is 12.8. The highest BCUT2D eigenvalue weighted by molar-refractivity contribution is 7.14. The number of likely N-dealkylation sites (tertiary alicyclic amines) is 1. The SMILES string of the molecule is COc1ccccc1-c1csc(NC(=O)C2CCCN(Cc3ccccc3)C2)n1. The lowest BCUT2D eigenvalue weighted by molar-refractivity contribution is -0.121. The average molecular weight is 408 g/mol. The third-order valence-corrected chi connectivity index (χ3v) is 6.00. The second-order valence-corrected chi connectivity index (χ2v) is 8.15. The lowest BCUT2D eigenvalue weighted by Gasteiger charge is -2.31. The molecule has 4 rings (SSSR count). The molecule has 1 unspecified atom stereocenters. The number of hydrogen-bond acceptors (Lipinski definition) is 5. The van der Waals surface area contributed by atoms with E-state index in [4.69, 9.17) is 4.74 Å². The maximum absolute atomic E-state index is 12.8. The predicted octanol–water partition coefficient (Wildman–Crippen LogP) is 4.67. The lowest BCUT2D eigenvalue weighted by atomic mass is 9.97. The molecule has 1 saturated heterocycles. The van der Waals surface area contributed by atoms with Crippen molar-refractivity contribution in [2.24, 2.45) is 5.92 Å². The van der Waals surface area contributed by atoms with Gasteiger partial charge in [0.05, 0.1) is 18.7 Å². The van der Waals surface area contributed by atoms with Crippen molar-refractivity contribution >= 4 is 22.4 Å². The highest BCUT2D eigenvalue weighted by Crippen LogP contribution is 2.32. The summed E-state index contributed by atoms with van der Waals surface area (Å²) in [5.74, 6) is 0.828. The Hall–Kier alpha value is -2.70. The Kier molecular flexibility index (Phi) is 6.22. The summed E-state index contributed by atoms with van der Waals surface area (Å²) in [5.41, 5.74) is 3.03. The molecular weight excluding hydrogens is 382 g/mol. The first kappa shape index (κ1) is 19.6. The van der Waals surface area contributed by atoms with Crippen molar-refractivity contribution in [1.82, 2.24) is 9.88 Å². The van der Waals surface area contributed by atoms with Gasteiger partial charge in [0, 0.05) is 24.0 Å². The van der Waals surface area contributed by atoms with E-state index in [-0.39, 0.29) is 11.8 Å². The third-order valence-electron chi connectivity index (χ3n) is 5.24. The van der Waals surface area contributed by atoms with Crippen molar-refractivity contribution in [3.63, 3.8) is 0 Å². The summed E-state index contributed by atoms with van der Waals surface area (Å²) >= 11 is 1.45. The molecule has 0 saturated carbocycles. The fraction of sp³-hybridized carbons (Fsp3) is 0.304. The number of thiazole rings is 1. The number of ether oxygens (including phenoxy) is 1. The number of hydrogen-bond donors (Lipinski definition) is 1. The number of carbonyl (C=O) groups is 1. The number of rotatable bonds is 6. The van der Waals surface area contributed by atoms with Crippen molar-refractivity contribution in [1.29, 1.82) is 0 Å². The summed E-state index contributed by atoms with van der Waals surface area (Å²) in [6.07, 6.45) is 1.96. The smallest absolute Gasteiger partial charge is 0.230 e. The van der Waals surface area contributed by atoms with Gasteiger partial charge in [-0.2, -0.15) is 0 Å². The number of anilines is 1. The molecule has 1 aromatic heterocycles. The van der Waals surface area contributed by atoms with Crippen molar-refractivity contribution in [2.45, 2.75) is 19.4 Å². The standard InChI is InChI=1S/C23H25N3O2S/c1-28-21-12-6-5-11-19(21)20-16-29-23(24-20)25-22(27)18-10-7-13-26(15-18)14-17-8-3-2-4-9-17/h2-6,8-9,11-12,16,18H,7,10,13-15H2,1H3,(H,24,25,27). The van der Waals surface area contributed by atoms with Crippen molar-refractivity contribution < 1.29 is 9.53 Å². The Labute approximate surface area is 175 Å². The van der Waals surface area contributed by atoms with E-state index in [0.29, 0.717) is 5.13 Å². The largest absolute Gasteiger partial charge is 0.496 e. The molecule has 6 heteroatoms. The first-order valence-electron chi connectivity index (χ1n) is 9.89. The van der Waals surface area contributed by atoms with Gasteiger partial charge in [-0.1, -0.05) is 42.5 Å². The van der Waals surface area contributed by atoms with Crippen LogP contribution in [0.2, 0.25) is 0 Å². The minimum absolute atomic E-state index is 0.00827. The van der Waals surface area contributed by atoms with Gasteiger partial charge in [0.25, 0.3) is 0 Å². The number of nitrogens with one attached hydrogen (secondary N) is 1. The van der Waals surface area contributed by atoms with Crippen LogP contribution in [0.15, 0.2) is 60.0 Å². The van der Waals surface area contributed by atoms with E-state index in [1.54, 1.807) is 7.11 Å². The van der Waals surface area contributed by atoms with E-state index in [1.807, 2.05) is 35.7 Å². The minimum Gasteiger partial charge on any atom is -0.496 e. The Morgan fingerprint density at radius 3 is 2.83 bits per heavy atom. The van der Waals surface area contributed by atoms with E-state index in [0.717, 1.165) is 49.5 Å². The third kappa shape index (κ3) is 4.83. The van der Waals surface area contributed by atoms with Gasteiger partial charge in [0.2, 0.25) is 5.91 Å². The molecule has 1 aliphatic heterocycles. The molecule has 1 aliphatic rings. The Balaban J connectivity index is 1.38. The van der Waals surface area contributed by atoms with Crippen LogP contribution >= 0.6 is 11.3 Å². The first-order valence-corrected chi connectivity index (χ1v) is 10.8. The topological polar surface area (TPSA) is 54.5 Å². The summed E-state index contributed by atoms with van der Waals surface area (Å²) in [4.78, 5) is 19.8. The van der Waals surface area contributed by atoms with Crippen LogP contribution in [0.1, 0.15) is 18.4 Å². The molecule has 5 nitrogen and oxygen atoms in total. The first-order chi connectivity index (χ1) is 14.2. The summed E-state index contributed by atoms with van der Waals surface area (Å²) < 4.78 is 5.42. The van der Waals surface area contributed by atoms with Gasteiger partial charge in [0.15, 0.2) is 5.13 Å². The van der Waals surface area contributed by atoms with Crippen LogP contribution in [0.25, 0.3) is 11.3 Å². The van der Waals surface area contributed by atoms with Crippen LogP contribution in [0.5, 0.6) is 5.75 Å². The van der Waals surface area contributed by atoms with Crippen molar-refractivity contribution in [3.05, 3.63) is 65.5 Å². The zero-order chi connectivity index (χ0) is 20.1. The molecule has 29 heavy (non-hydrogen) atoms. The molecule has 0 aliphatic carbocycles. The highest BCUT2D eigenvalue weighted by Gasteiger charge is 2.26. The van der Waals surface area contributed by atoms with Crippen LogP contribution in [0.3, 0.4) is 0 Å². The van der Waals surface area contributed by atoms with Crippen LogP contribution in [-0.2, 0) is 11.3 Å². The summed E-state index contributed by atoms with van der Waals surface area (Å²) in [5, 5.41) is 5.61. The fourth-order valence-corrected chi connectivity index (χ4v) is 4.49. The molecule has 2 heterocycles. The van der Waals surface area contributed by atoms with Gasteiger partial charge in [-0.3, -0.25) is 9.69 Å². The molecule has 1 amide bonds. The highest BCUT2D eigenvalue weighted by atomic mass is 32.1. The molecule has 0 bridgehead atoms. The van der Waals surface area contributed by atoms with Gasteiger partial charge in [-0.15, -0.1) is 11.3 Å². The molecule has 3 aromatic rings. The van der Waals surface area contributed by atoms with E-state index >= 15 is 0 Å². The minimum atomic E-state index is -0.00827. The molecular formula is C23H25N3O2S. The number of benzene rings is 2. The van der Waals surface area contributed by atoms with Crippen molar-refractivity contribution in [2.75, 3.05) is 25.5 Å². The van der Waals surface area contributed by atoms with Gasteiger partial charge >= 0.3 is 0 Å². The number of amides is 1. The average Bonchev–Trinajstić information content (AvgIpc) is 3.23. The number of methoxy groups -OCH3 is 1.